The van der Waals surface area contributed by atoms with Gasteiger partial charge in [-0.15, -0.1) is 0 Å². The summed E-state index contributed by atoms with van der Waals surface area (Å²) < 4.78 is 27.1. The van der Waals surface area contributed by atoms with Crippen LogP contribution in [0.3, 0.4) is 0 Å². The van der Waals surface area contributed by atoms with Gasteiger partial charge in [0.15, 0.2) is 0 Å². The Balaban J connectivity index is 2.38. The Morgan fingerprint density at radius 3 is 2.85 bits per heavy atom. The summed E-state index contributed by atoms with van der Waals surface area (Å²) in [6.07, 6.45) is 1.77. The zero-order valence-corrected chi connectivity index (χ0v) is 12.6. The van der Waals surface area contributed by atoms with Crippen LogP contribution in [0.1, 0.15) is 24.0 Å². The number of nitriles is 1. The molecule has 1 atom stereocenters. The number of benzene rings is 1. The van der Waals surface area contributed by atoms with E-state index in [1.807, 2.05) is 13.1 Å². The fourth-order valence-electron chi connectivity index (χ4n) is 2.70. The third-order valence-electron chi connectivity index (χ3n) is 3.65. The van der Waals surface area contributed by atoms with Crippen LogP contribution < -0.4 is 5.32 Å². The van der Waals surface area contributed by atoms with Crippen molar-refractivity contribution < 1.29 is 8.42 Å². The van der Waals surface area contributed by atoms with Crippen molar-refractivity contribution in [3.63, 3.8) is 0 Å². The quantitative estimate of drug-likeness (QED) is 0.906. The SMILES string of the molecule is CNCC1CCCN1S(=O)(=O)c1ccc(C#N)cc1C. The molecule has 0 amide bonds. The second kappa shape index (κ2) is 5.92. The molecule has 1 unspecified atom stereocenters. The zero-order valence-electron chi connectivity index (χ0n) is 11.8. The van der Waals surface area contributed by atoms with Gasteiger partial charge in [0.25, 0.3) is 0 Å². The molecule has 1 aromatic rings. The molecule has 1 saturated heterocycles. The molecule has 1 aromatic carbocycles. The molecule has 0 radical (unpaired) electrons. The van der Waals surface area contributed by atoms with E-state index in [0.717, 1.165) is 12.8 Å². The lowest BCUT2D eigenvalue weighted by atomic mass is 10.2. The second-order valence-corrected chi connectivity index (χ2v) is 6.92. The Labute approximate surface area is 120 Å². The Kier molecular flexibility index (Phi) is 4.43. The maximum atomic E-state index is 12.8. The summed E-state index contributed by atoms with van der Waals surface area (Å²) in [5, 5.41) is 11.9. The van der Waals surface area contributed by atoms with Gasteiger partial charge in [-0.05, 0) is 50.6 Å². The summed E-state index contributed by atoms with van der Waals surface area (Å²) in [5.41, 5.74) is 1.11. The van der Waals surface area contributed by atoms with Gasteiger partial charge >= 0.3 is 0 Å². The van der Waals surface area contributed by atoms with Gasteiger partial charge in [-0.1, -0.05) is 0 Å². The predicted molar refractivity (Wildman–Crippen MR) is 76.7 cm³/mol. The number of nitrogens with zero attached hydrogens (tertiary/aromatic N) is 2. The highest BCUT2D eigenvalue weighted by Gasteiger charge is 2.35. The Morgan fingerprint density at radius 1 is 1.50 bits per heavy atom. The highest BCUT2D eigenvalue weighted by molar-refractivity contribution is 7.89. The maximum Gasteiger partial charge on any atom is 0.243 e. The van der Waals surface area contributed by atoms with E-state index in [1.54, 1.807) is 23.4 Å². The number of hydrogen-bond acceptors (Lipinski definition) is 4. The van der Waals surface area contributed by atoms with Gasteiger partial charge < -0.3 is 5.32 Å². The molecule has 2 rings (SSSR count). The summed E-state index contributed by atoms with van der Waals surface area (Å²) in [6.45, 7) is 2.96. The molecular weight excluding hydrogens is 274 g/mol. The largest absolute Gasteiger partial charge is 0.318 e. The van der Waals surface area contributed by atoms with E-state index >= 15 is 0 Å². The van der Waals surface area contributed by atoms with Crippen LogP contribution in [0.25, 0.3) is 0 Å². The normalized spacial score (nSPS) is 19.9. The fourth-order valence-corrected chi connectivity index (χ4v) is 4.60. The van der Waals surface area contributed by atoms with Crippen molar-refractivity contribution in [1.29, 1.82) is 5.26 Å². The van der Waals surface area contributed by atoms with Gasteiger partial charge in [0.1, 0.15) is 0 Å². The highest BCUT2D eigenvalue weighted by Crippen LogP contribution is 2.27. The average Bonchev–Trinajstić information content (AvgIpc) is 2.87. The minimum atomic E-state index is -3.48. The molecule has 1 aliphatic rings. The van der Waals surface area contributed by atoms with Gasteiger partial charge in [0, 0.05) is 19.1 Å². The lowest BCUT2D eigenvalue weighted by Crippen LogP contribution is -2.40. The molecule has 1 heterocycles. The van der Waals surface area contributed by atoms with E-state index in [4.69, 9.17) is 5.26 Å². The summed E-state index contributed by atoms with van der Waals surface area (Å²) in [6, 6.07) is 6.76. The number of sulfonamides is 1. The van der Waals surface area contributed by atoms with Crippen molar-refractivity contribution in [3.05, 3.63) is 29.3 Å². The van der Waals surface area contributed by atoms with Crippen molar-refractivity contribution >= 4 is 10.0 Å². The van der Waals surface area contributed by atoms with Crippen molar-refractivity contribution in [3.8, 4) is 6.07 Å². The Bertz CT molecular complexity index is 634. The van der Waals surface area contributed by atoms with Crippen molar-refractivity contribution in [2.24, 2.45) is 0 Å². The first kappa shape index (κ1) is 15.0. The van der Waals surface area contributed by atoms with Crippen molar-refractivity contribution in [1.82, 2.24) is 9.62 Å². The molecule has 5 nitrogen and oxygen atoms in total. The average molecular weight is 293 g/mol. The first-order valence-electron chi connectivity index (χ1n) is 6.68. The lowest BCUT2D eigenvalue weighted by Gasteiger charge is -2.24. The fraction of sp³-hybridized carbons (Fsp3) is 0.500. The third-order valence-corrected chi connectivity index (χ3v) is 5.77. The molecule has 1 aliphatic heterocycles. The van der Waals surface area contributed by atoms with Gasteiger partial charge in [0.2, 0.25) is 10.0 Å². The second-order valence-electron chi connectivity index (χ2n) is 5.06. The number of rotatable bonds is 4. The summed E-state index contributed by atoms with van der Waals surface area (Å²) in [4.78, 5) is 0.305. The summed E-state index contributed by atoms with van der Waals surface area (Å²) in [5.74, 6) is 0. The molecule has 0 bridgehead atoms. The molecule has 1 fully saturated rings. The minimum Gasteiger partial charge on any atom is -0.318 e. The maximum absolute atomic E-state index is 12.8. The smallest absolute Gasteiger partial charge is 0.243 e. The molecule has 20 heavy (non-hydrogen) atoms. The van der Waals surface area contributed by atoms with Crippen molar-refractivity contribution in [2.75, 3.05) is 20.1 Å². The molecule has 6 heteroatoms. The lowest BCUT2D eigenvalue weighted by molar-refractivity contribution is 0.379. The van der Waals surface area contributed by atoms with Crippen molar-refractivity contribution in [2.45, 2.75) is 30.7 Å². The van der Waals surface area contributed by atoms with Crippen LogP contribution in [0.2, 0.25) is 0 Å². The standard InChI is InChI=1S/C14H19N3O2S/c1-11-8-12(9-15)5-6-14(11)20(18,19)17-7-3-4-13(17)10-16-2/h5-6,8,13,16H,3-4,7,10H2,1-2H3. The van der Waals surface area contributed by atoms with Crippen LogP contribution in [0.5, 0.6) is 0 Å². The molecule has 0 aliphatic carbocycles. The Morgan fingerprint density at radius 2 is 2.25 bits per heavy atom. The van der Waals surface area contributed by atoms with Crippen LogP contribution in [-0.4, -0.2) is 38.9 Å². The summed E-state index contributed by atoms with van der Waals surface area (Å²) >= 11 is 0. The minimum absolute atomic E-state index is 0.0139. The number of likely N-dealkylation sites (N-methyl/N-ethyl adjacent to an activating group) is 1. The van der Waals surface area contributed by atoms with E-state index in [2.05, 4.69) is 5.32 Å². The van der Waals surface area contributed by atoms with E-state index in [1.165, 1.54) is 6.07 Å². The van der Waals surface area contributed by atoms with Gasteiger partial charge in [-0.25, -0.2) is 8.42 Å². The van der Waals surface area contributed by atoms with Crippen LogP contribution in [-0.2, 0) is 10.0 Å². The summed E-state index contributed by atoms with van der Waals surface area (Å²) in [7, 11) is -1.65. The van der Waals surface area contributed by atoms with E-state index < -0.39 is 10.0 Å². The van der Waals surface area contributed by atoms with Gasteiger partial charge in [0.05, 0.1) is 16.5 Å². The van der Waals surface area contributed by atoms with E-state index in [9.17, 15) is 8.42 Å². The highest BCUT2D eigenvalue weighted by atomic mass is 32.2. The number of aryl methyl sites for hydroxylation is 1. The Hall–Kier alpha value is -1.42. The first-order chi connectivity index (χ1) is 9.50. The zero-order chi connectivity index (χ0) is 14.8. The molecular formula is C14H19N3O2S. The third kappa shape index (κ3) is 2.70. The monoisotopic (exact) mass is 293 g/mol. The molecule has 108 valence electrons. The van der Waals surface area contributed by atoms with E-state index in [-0.39, 0.29) is 6.04 Å². The predicted octanol–water partition coefficient (Wildman–Crippen LogP) is 1.24. The molecule has 0 spiro atoms. The molecule has 1 N–H and O–H groups in total. The molecule has 0 aromatic heterocycles. The topological polar surface area (TPSA) is 73.2 Å². The van der Waals surface area contributed by atoms with Crippen LogP contribution >= 0.6 is 0 Å². The number of nitrogens with one attached hydrogen (secondary N) is 1. The van der Waals surface area contributed by atoms with E-state index in [0.29, 0.717) is 29.1 Å². The van der Waals surface area contributed by atoms with Crippen LogP contribution in [0.4, 0.5) is 0 Å². The van der Waals surface area contributed by atoms with Crippen LogP contribution in [0, 0.1) is 18.3 Å². The van der Waals surface area contributed by atoms with Gasteiger partial charge in [-0.2, -0.15) is 9.57 Å². The first-order valence-corrected chi connectivity index (χ1v) is 8.12. The molecule has 0 saturated carbocycles. The van der Waals surface area contributed by atoms with Crippen LogP contribution in [0.15, 0.2) is 23.1 Å². The van der Waals surface area contributed by atoms with Gasteiger partial charge in [-0.3, -0.25) is 0 Å². The number of hydrogen-bond donors (Lipinski definition) is 1.